The van der Waals surface area contributed by atoms with E-state index in [1.165, 1.54) is 11.1 Å². The number of rotatable bonds is 3. The zero-order valence-corrected chi connectivity index (χ0v) is 11.4. The zero-order chi connectivity index (χ0) is 13.4. The van der Waals surface area contributed by atoms with E-state index in [-0.39, 0.29) is 5.92 Å². The number of ether oxygens (including phenoxy) is 1. The molecule has 2 aromatic carbocycles. The van der Waals surface area contributed by atoms with Gasteiger partial charge in [-0.3, -0.25) is 0 Å². The van der Waals surface area contributed by atoms with Crippen LogP contribution in [0.15, 0.2) is 42.5 Å². The predicted molar refractivity (Wildman–Crippen MR) is 75.9 cm³/mol. The molecule has 2 nitrogen and oxygen atoms in total. The van der Waals surface area contributed by atoms with Gasteiger partial charge in [0.05, 0.1) is 18.2 Å². The highest BCUT2D eigenvalue weighted by molar-refractivity contribution is 6.32. The van der Waals surface area contributed by atoms with Crippen LogP contribution in [-0.2, 0) is 6.42 Å². The van der Waals surface area contributed by atoms with E-state index in [4.69, 9.17) is 16.3 Å². The van der Waals surface area contributed by atoms with Gasteiger partial charge in [0, 0.05) is 5.92 Å². The van der Waals surface area contributed by atoms with Gasteiger partial charge in [-0.1, -0.05) is 41.9 Å². The fourth-order valence-electron chi connectivity index (χ4n) is 2.67. The third kappa shape index (κ3) is 2.11. The van der Waals surface area contributed by atoms with E-state index in [2.05, 4.69) is 12.1 Å². The number of aliphatic hydroxyl groups excluding tert-OH is 1. The van der Waals surface area contributed by atoms with Crippen LogP contribution in [0.5, 0.6) is 5.75 Å². The number of halogens is 1. The highest BCUT2D eigenvalue weighted by Gasteiger charge is 2.32. The highest BCUT2D eigenvalue weighted by Crippen LogP contribution is 2.44. The monoisotopic (exact) mass is 274 g/mol. The van der Waals surface area contributed by atoms with Crippen LogP contribution in [0, 0.1) is 0 Å². The first-order valence-electron chi connectivity index (χ1n) is 6.30. The Hall–Kier alpha value is -1.51. The minimum Gasteiger partial charge on any atom is -0.495 e. The lowest BCUT2D eigenvalue weighted by molar-refractivity contribution is 0.134. The third-order valence-corrected chi connectivity index (χ3v) is 4.10. The number of hydrogen-bond donors (Lipinski definition) is 1. The minimum atomic E-state index is -0.513. The molecule has 0 heterocycles. The molecular formula is C16H15ClO2. The Morgan fingerprint density at radius 1 is 1.26 bits per heavy atom. The molecule has 3 heteroatoms. The van der Waals surface area contributed by atoms with Crippen LogP contribution in [-0.4, -0.2) is 12.2 Å². The quantitative estimate of drug-likeness (QED) is 0.924. The fraction of sp³-hybridized carbons (Fsp3) is 0.250. The molecule has 2 unspecified atom stereocenters. The Labute approximate surface area is 117 Å². The van der Waals surface area contributed by atoms with E-state index in [1.807, 2.05) is 24.3 Å². The first-order chi connectivity index (χ1) is 9.20. The van der Waals surface area contributed by atoms with Crippen LogP contribution in [0.3, 0.4) is 0 Å². The van der Waals surface area contributed by atoms with Crippen LogP contribution in [0.25, 0.3) is 0 Å². The molecule has 2 atom stereocenters. The van der Waals surface area contributed by atoms with Crippen LogP contribution >= 0.6 is 11.6 Å². The number of aliphatic hydroxyl groups is 1. The van der Waals surface area contributed by atoms with Crippen LogP contribution in [0.1, 0.15) is 28.7 Å². The minimum absolute atomic E-state index is 0.169. The van der Waals surface area contributed by atoms with Crippen molar-refractivity contribution in [2.75, 3.05) is 7.11 Å². The van der Waals surface area contributed by atoms with Gasteiger partial charge < -0.3 is 9.84 Å². The summed E-state index contributed by atoms with van der Waals surface area (Å²) in [6, 6.07) is 13.7. The summed E-state index contributed by atoms with van der Waals surface area (Å²) in [6.45, 7) is 0. The Bertz CT molecular complexity index is 609. The van der Waals surface area contributed by atoms with Gasteiger partial charge in [0.1, 0.15) is 5.75 Å². The summed E-state index contributed by atoms with van der Waals surface area (Å²) in [7, 11) is 1.58. The van der Waals surface area contributed by atoms with Gasteiger partial charge in [0.25, 0.3) is 0 Å². The summed E-state index contributed by atoms with van der Waals surface area (Å²) < 4.78 is 5.19. The molecule has 0 radical (unpaired) electrons. The standard InChI is InChI=1S/C16H15ClO2/c1-19-15-9-11(6-7-14(15)17)16(18)13-8-10-4-2-3-5-12(10)13/h2-7,9,13,16,18H,8H2,1H3. The molecule has 0 aliphatic heterocycles. The molecule has 1 N–H and O–H groups in total. The maximum atomic E-state index is 10.5. The summed E-state index contributed by atoms with van der Waals surface area (Å²) in [4.78, 5) is 0. The van der Waals surface area contributed by atoms with Crippen molar-refractivity contribution in [3.8, 4) is 5.75 Å². The number of hydrogen-bond acceptors (Lipinski definition) is 2. The summed E-state index contributed by atoms with van der Waals surface area (Å²) in [5.41, 5.74) is 3.41. The first kappa shape index (κ1) is 12.5. The molecule has 19 heavy (non-hydrogen) atoms. The molecule has 0 spiro atoms. The van der Waals surface area contributed by atoms with E-state index >= 15 is 0 Å². The Kier molecular flexibility index (Phi) is 3.21. The lowest BCUT2D eigenvalue weighted by Crippen LogP contribution is -2.23. The summed E-state index contributed by atoms with van der Waals surface area (Å²) in [6.07, 6.45) is 0.406. The fourth-order valence-corrected chi connectivity index (χ4v) is 2.87. The van der Waals surface area contributed by atoms with E-state index in [1.54, 1.807) is 13.2 Å². The second-order valence-corrected chi connectivity index (χ2v) is 5.26. The molecular weight excluding hydrogens is 260 g/mol. The SMILES string of the molecule is COc1cc(C(O)C2Cc3ccccc32)ccc1Cl. The van der Waals surface area contributed by atoms with Gasteiger partial charge in [0.2, 0.25) is 0 Å². The van der Waals surface area contributed by atoms with Gasteiger partial charge >= 0.3 is 0 Å². The largest absolute Gasteiger partial charge is 0.495 e. The molecule has 1 aliphatic carbocycles. The Morgan fingerprint density at radius 2 is 2.05 bits per heavy atom. The van der Waals surface area contributed by atoms with Crippen LogP contribution in [0.4, 0.5) is 0 Å². The van der Waals surface area contributed by atoms with Crippen molar-refractivity contribution in [3.05, 3.63) is 64.2 Å². The maximum Gasteiger partial charge on any atom is 0.137 e. The normalized spacial score (nSPS) is 18.4. The Morgan fingerprint density at radius 3 is 2.79 bits per heavy atom. The van der Waals surface area contributed by atoms with Crippen molar-refractivity contribution >= 4 is 11.6 Å². The number of methoxy groups -OCH3 is 1. The predicted octanol–water partition coefficient (Wildman–Crippen LogP) is 3.72. The third-order valence-electron chi connectivity index (χ3n) is 3.79. The highest BCUT2D eigenvalue weighted by atomic mass is 35.5. The molecule has 0 bridgehead atoms. The van der Waals surface area contributed by atoms with Crippen molar-refractivity contribution in [3.63, 3.8) is 0 Å². The molecule has 0 saturated heterocycles. The lowest BCUT2D eigenvalue weighted by Gasteiger charge is -2.34. The van der Waals surface area contributed by atoms with E-state index in [0.717, 1.165) is 12.0 Å². The maximum absolute atomic E-state index is 10.5. The van der Waals surface area contributed by atoms with Crippen molar-refractivity contribution < 1.29 is 9.84 Å². The van der Waals surface area contributed by atoms with Gasteiger partial charge in [0.15, 0.2) is 0 Å². The molecule has 0 amide bonds. The smallest absolute Gasteiger partial charge is 0.137 e. The average Bonchev–Trinajstić information content (AvgIpc) is 2.40. The lowest BCUT2D eigenvalue weighted by atomic mass is 9.73. The van der Waals surface area contributed by atoms with Crippen molar-refractivity contribution in [2.24, 2.45) is 0 Å². The molecule has 2 aromatic rings. The first-order valence-corrected chi connectivity index (χ1v) is 6.68. The zero-order valence-electron chi connectivity index (χ0n) is 10.6. The van der Waals surface area contributed by atoms with E-state index in [9.17, 15) is 5.11 Å². The average molecular weight is 275 g/mol. The van der Waals surface area contributed by atoms with Gasteiger partial charge in [-0.2, -0.15) is 0 Å². The number of benzene rings is 2. The molecule has 1 aliphatic rings. The number of fused-ring (bicyclic) bond motifs is 1. The topological polar surface area (TPSA) is 29.5 Å². The Balaban J connectivity index is 1.88. The van der Waals surface area contributed by atoms with E-state index in [0.29, 0.717) is 10.8 Å². The summed E-state index contributed by atoms with van der Waals surface area (Å²) >= 11 is 6.00. The molecule has 0 fully saturated rings. The van der Waals surface area contributed by atoms with Crippen molar-refractivity contribution in [1.82, 2.24) is 0 Å². The molecule has 98 valence electrons. The van der Waals surface area contributed by atoms with Crippen LogP contribution in [0.2, 0.25) is 5.02 Å². The van der Waals surface area contributed by atoms with Crippen molar-refractivity contribution in [2.45, 2.75) is 18.4 Å². The summed E-state index contributed by atoms with van der Waals surface area (Å²) in [5.74, 6) is 0.771. The van der Waals surface area contributed by atoms with Gasteiger partial charge in [-0.25, -0.2) is 0 Å². The molecule has 0 aromatic heterocycles. The second kappa shape index (κ2) is 4.87. The molecule has 3 rings (SSSR count). The molecule has 0 saturated carbocycles. The van der Waals surface area contributed by atoms with Crippen LogP contribution < -0.4 is 4.74 Å². The van der Waals surface area contributed by atoms with Gasteiger partial charge in [-0.05, 0) is 35.2 Å². The summed E-state index contributed by atoms with van der Waals surface area (Å²) in [5, 5.41) is 11.1. The van der Waals surface area contributed by atoms with Gasteiger partial charge in [-0.15, -0.1) is 0 Å². The van der Waals surface area contributed by atoms with E-state index < -0.39 is 6.10 Å². The second-order valence-electron chi connectivity index (χ2n) is 4.85. The van der Waals surface area contributed by atoms with Crippen molar-refractivity contribution in [1.29, 1.82) is 0 Å².